The number of aromatic carboxylic acids is 1. The lowest BCUT2D eigenvalue weighted by atomic mass is 9.96. The molecule has 176 valence electrons. The number of carboxylic acid groups (broad SMARTS) is 1. The van der Waals surface area contributed by atoms with Gasteiger partial charge in [0.1, 0.15) is 0 Å². The first kappa shape index (κ1) is 23.1. The van der Waals surface area contributed by atoms with Crippen LogP contribution < -0.4 is 10.2 Å². The number of rotatable bonds is 5. The van der Waals surface area contributed by atoms with Crippen LogP contribution in [0.2, 0.25) is 5.02 Å². The number of carboxylic acids is 1. The number of nitrogens with one attached hydrogen (secondary N) is 1. The molecule has 0 amide bonds. The van der Waals surface area contributed by atoms with Crippen LogP contribution in [0.25, 0.3) is 5.69 Å². The fourth-order valence-corrected chi connectivity index (χ4v) is 5.33. The predicted molar refractivity (Wildman–Crippen MR) is 142 cm³/mol. The topological polar surface area (TPSA) is 70.4 Å². The van der Waals surface area contributed by atoms with Crippen molar-refractivity contribution in [3.05, 3.63) is 112 Å². The van der Waals surface area contributed by atoms with Gasteiger partial charge in [0.15, 0.2) is 5.11 Å². The fourth-order valence-electron chi connectivity index (χ4n) is 4.86. The molecule has 1 fully saturated rings. The van der Waals surface area contributed by atoms with Crippen LogP contribution in [0.5, 0.6) is 0 Å². The molecule has 2 aromatic carbocycles. The maximum Gasteiger partial charge on any atom is 0.337 e. The lowest BCUT2D eigenvalue weighted by molar-refractivity contribution is 0.0697. The minimum Gasteiger partial charge on any atom is -0.478 e. The first-order valence-corrected chi connectivity index (χ1v) is 11.9. The summed E-state index contributed by atoms with van der Waals surface area (Å²) in [6.45, 7) is 4.00. The smallest absolute Gasteiger partial charge is 0.337 e. The number of anilines is 1. The van der Waals surface area contributed by atoms with Crippen LogP contribution in [0.15, 0.2) is 79.0 Å². The Labute approximate surface area is 213 Å². The van der Waals surface area contributed by atoms with Crippen LogP contribution >= 0.6 is 23.8 Å². The Kier molecular flexibility index (Phi) is 6.05. The Hall–Kier alpha value is -3.68. The standard InChI is InChI=1S/C27H23ClN4O2S/c1-16-15-21(17(2)31(16)23-9-4-3-7-20(23)26(33)34)25-24(22-8-5-6-14-29-22)30-27(35)32(25)19-12-10-18(28)11-13-19/h3-15,24-25H,1-2H3,(H,30,35)(H,33,34)/t24-,25-/m0/s1. The molecular formula is C27H23ClN4O2S. The molecule has 8 heteroatoms. The summed E-state index contributed by atoms with van der Waals surface area (Å²) >= 11 is 12.0. The molecule has 1 saturated heterocycles. The number of hydrogen-bond acceptors (Lipinski definition) is 3. The Morgan fingerprint density at radius 2 is 1.77 bits per heavy atom. The third-order valence-corrected chi connectivity index (χ3v) is 6.93. The molecule has 0 saturated carbocycles. The van der Waals surface area contributed by atoms with Gasteiger partial charge in [-0.3, -0.25) is 4.98 Å². The van der Waals surface area contributed by atoms with Gasteiger partial charge in [0.05, 0.1) is 29.0 Å². The van der Waals surface area contributed by atoms with Gasteiger partial charge in [0, 0.05) is 28.3 Å². The summed E-state index contributed by atoms with van der Waals surface area (Å²) in [5.74, 6) is -0.965. The zero-order valence-corrected chi connectivity index (χ0v) is 20.7. The van der Waals surface area contributed by atoms with E-state index in [1.54, 1.807) is 18.3 Å². The summed E-state index contributed by atoms with van der Waals surface area (Å²) in [7, 11) is 0. The summed E-state index contributed by atoms with van der Waals surface area (Å²) in [5.41, 5.74) is 5.55. The van der Waals surface area contributed by atoms with Crippen LogP contribution in [0.4, 0.5) is 5.69 Å². The molecule has 35 heavy (non-hydrogen) atoms. The summed E-state index contributed by atoms with van der Waals surface area (Å²) in [6.07, 6.45) is 1.77. The Balaban J connectivity index is 1.70. The quantitative estimate of drug-likeness (QED) is 0.325. The highest BCUT2D eigenvalue weighted by Gasteiger charge is 2.42. The molecule has 2 atom stereocenters. The second-order valence-electron chi connectivity index (χ2n) is 8.46. The molecule has 4 aromatic rings. The van der Waals surface area contributed by atoms with Gasteiger partial charge < -0.3 is 19.9 Å². The summed E-state index contributed by atoms with van der Waals surface area (Å²) in [5, 5.41) is 14.5. The third-order valence-electron chi connectivity index (χ3n) is 6.37. The Morgan fingerprint density at radius 1 is 1.06 bits per heavy atom. The van der Waals surface area contributed by atoms with Crippen molar-refractivity contribution in [3.63, 3.8) is 0 Å². The average Bonchev–Trinajstić information content (AvgIpc) is 3.35. The fraction of sp³-hybridized carbons (Fsp3) is 0.148. The van der Waals surface area contributed by atoms with Crippen molar-refractivity contribution in [1.82, 2.24) is 14.9 Å². The first-order valence-electron chi connectivity index (χ1n) is 11.1. The summed E-state index contributed by atoms with van der Waals surface area (Å²) in [6, 6.07) is 22.1. The number of benzene rings is 2. The van der Waals surface area contributed by atoms with Crippen LogP contribution in [-0.4, -0.2) is 25.7 Å². The molecule has 2 N–H and O–H groups in total. The number of pyridine rings is 1. The normalized spacial score (nSPS) is 17.5. The number of nitrogens with zero attached hydrogens (tertiary/aromatic N) is 3. The molecule has 5 rings (SSSR count). The van der Waals surface area contributed by atoms with Gasteiger partial charge in [0.25, 0.3) is 0 Å². The number of halogens is 1. The maximum absolute atomic E-state index is 12.0. The zero-order valence-electron chi connectivity index (χ0n) is 19.1. The van der Waals surface area contributed by atoms with Gasteiger partial charge in [0.2, 0.25) is 0 Å². The molecule has 6 nitrogen and oxygen atoms in total. The molecule has 0 aliphatic carbocycles. The summed E-state index contributed by atoms with van der Waals surface area (Å²) in [4.78, 5) is 18.7. The highest BCUT2D eigenvalue weighted by atomic mass is 35.5. The zero-order chi connectivity index (χ0) is 24.7. The molecular weight excluding hydrogens is 480 g/mol. The Morgan fingerprint density at radius 3 is 2.46 bits per heavy atom. The van der Waals surface area contributed by atoms with E-state index in [-0.39, 0.29) is 17.6 Å². The van der Waals surface area contributed by atoms with E-state index in [1.165, 1.54) is 0 Å². The van der Waals surface area contributed by atoms with Crippen LogP contribution in [-0.2, 0) is 0 Å². The molecule has 0 unspecified atom stereocenters. The number of aromatic nitrogens is 2. The molecule has 0 bridgehead atoms. The van der Waals surface area contributed by atoms with E-state index in [2.05, 4.69) is 21.3 Å². The molecule has 3 heterocycles. The maximum atomic E-state index is 12.0. The molecule has 1 aliphatic heterocycles. The number of aryl methyl sites for hydroxylation is 1. The molecule has 2 aromatic heterocycles. The highest BCUT2D eigenvalue weighted by molar-refractivity contribution is 7.80. The lowest BCUT2D eigenvalue weighted by Gasteiger charge is -2.28. The SMILES string of the molecule is Cc1cc([C@H]2[C@H](c3ccccn3)NC(=S)N2c2ccc(Cl)cc2)c(C)n1-c1ccccc1C(=O)O. The minimum absolute atomic E-state index is 0.206. The predicted octanol–water partition coefficient (Wildman–Crippen LogP) is 6.02. The van der Waals surface area contributed by atoms with Crippen molar-refractivity contribution in [3.8, 4) is 5.69 Å². The van der Waals surface area contributed by atoms with Crippen LogP contribution in [0, 0.1) is 13.8 Å². The first-order chi connectivity index (χ1) is 16.9. The van der Waals surface area contributed by atoms with Crippen molar-refractivity contribution in [2.75, 3.05) is 4.90 Å². The third kappa shape index (κ3) is 4.07. The van der Waals surface area contributed by atoms with E-state index < -0.39 is 5.97 Å². The summed E-state index contributed by atoms with van der Waals surface area (Å²) < 4.78 is 2.00. The van der Waals surface area contributed by atoms with Gasteiger partial charge in [-0.2, -0.15) is 0 Å². The number of carbonyl (C=O) groups is 1. The lowest BCUT2D eigenvalue weighted by Crippen LogP contribution is -2.29. The van der Waals surface area contributed by atoms with E-state index in [4.69, 9.17) is 23.8 Å². The number of hydrogen-bond donors (Lipinski definition) is 2. The minimum atomic E-state index is -0.965. The van der Waals surface area contributed by atoms with Crippen molar-refractivity contribution < 1.29 is 9.90 Å². The van der Waals surface area contributed by atoms with E-state index >= 15 is 0 Å². The van der Waals surface area contributed by atoms with E-state index in [0.29, 0.717) is 15.8 Å². The molecule has 0 spiro atoms. The van der Waals surface area contributed by atoms with Crippen LogP contribution in [0.1, 0.15) is 45.1 Å². The van der Waals surface area contributed by atoms with Gasteiger partial charge >= 0.3 is 5.97 Å². The highest BCUT2D eigenvalue weighted by Crippen LogP contribution is 2.44. The van der Waals surface area contributed by atoms with Crippen molar-refractivity contribution in [1.29, 1.82) is 0 Å². The average molecular weight is 503 g/mol. The van der Waals surface area contributed by atoms with Gasteiger partial charge in [-0.25, -0.2) is 4.79 Å². The van der Waals surface area contributed by atoms with Crippen LogP contribution in [0.3, 0.4) is 0 Å². The van der Waals surface area contributed by atoms with E-state index in [1.807, 2.05) is 73.0 Å². The largest absolute Gasteiger partial charge is 0.478 e. The molecule has 1 aliphatic rings. The van der Waals surface area contributed by atoms with Crippen molar-refractivity contribution in [2.24, 2.45) is 0 Å². The molecule has 0 radical (unpaired) electrons. The van der Waals surface area contributed by atoms with E-state index in [0.717, 1.165) is 28.3 Å². The van der Waals surface area contributed by atoms with E-state index in [9.17, 15) is 9.90 Å². The number of para-hydroxylation sites is 1. The van der Waals surface area contributed by atoms with Crippen molar-refractivity contribution >= 4 is 40.6 Å². The monoisotopic (exact) mass is 502 g/mol. The van der Waals surface area contributed by atoms with Gasteiger partial charge in [-0.05, 0) is 86.2 Å². The van der Waals surface area contributed by atoms with Gasteiger partial charge in [-0.15, -0.1) is 0 Å². The second kappa shape index (κ2) is 9.17. The number of thiocarbonyl (C=S) groups is 1. The second-order valence-corrected chi connectivity index (χ2v) is 9.28. The Bertz CT molecular complexity index is 1420. The van der Waals surface area contributed by atoms with Gasteiger partial charge in [-0.1, -0.05) is 29.8 Å². The van der Waals surface area contributed by atoms with Crippen molar-refractivity contribution in [2.45, 2.75) is 25.9 Å².